The van der Waals surface area contributed by atoms with E-state index in [0.717, 1.165) is 0 Å². The Morgan fingerprint density at radius 2 is 2.33 bits per heavy atom. The van der Waals surface area contributed by atoms with Crippen LogP contribution < -0.4 is 0 Å². The number of aliphatic imine (C=N–C) groups is 1. The molecule has 0 atom stereocenters. The van der Waals surface area contributed by atoms with Gasteiger partial charge in [0.2, 0.25) is 0 Å². The number of rotatable bonds is 3. The minimum atomic E-state index is 1.20. The Labute approximate surface area is 62.5 Å². The van der Waals surface area contributed by atoms with Crippen LogP contribution in [0.15, 0.2) is 4.99 Å². The smallest absolute Gasteiger partial charge is 0.199 e. The van der Waals surface area contributed by atoms with Gasteiger partial charge in [0.15, 0.2) is 6.56 Å². The van der Waals surface area contributed by atoms with Gasteiger partial charge in [0.1, 0.15) is 0 Å². The fraction of sp³-hybridized carbons (Fsp3) is 0.833. The van der Waals surface area contributed by atoms with Gasteiger partial charge in [-0.25, -0.2) is 0 Å². The minimum absolute atomic E-state index is 1.20. The van der Waals surface area contributed by atoms with E-state index in [4.69, 9.17) is 0 Å². The summed E-state index contributed by atoms with van der Waals surface area (Å²) in [4.78, 5) is 4.04. The van der Waals surface area contributed by atoms with Crippen molar-refractivity contribution in [1.29, 1.82) is 0 Å². The Kier molecular flexibility index (Phi) is 6.27. The first-order valence-electron chi connectivity index (χ1n) is 3.37. The molecule has 0 heterocycles. The first kappa shape index (κ1) is 9.08. The topological polar surface area (TPSA) is 12.4 Å². The van der Waals surface area contributed by atoms with E-state index in [1.807, 2.05) is 18.7 Å². The highest BCUT2D eigenvalue weighted by Gasteiger charge is 1.90. The zero-order valence-electron chi connectivity index (χ0n) is 6.48. The quantitative estimate of drug-likeness (QED) is 0.254. The van der Waals surface area contributed by atoms with Crippen LogP contribution in [0.3, 0.4) is 0 Å². The largest absolute Gasteiger partial charge is 0.288 e. The monoisotopic (exact) mass is 143 g/mol. The lowest BCUT2D eigenvalue weighted by Crippen LogP contribution is -1.88. The van der Waals surface area contributed by atoms with Crippen LogP contribution in [0.1, 0.15) is 20.3 Å². The molecule has 0 aliphatic rings. The van der Waals surface area contributed by atoms with Crippen LogP contribution >= 0.6 is 11.6 Å². The van der Waals surface area contributed by atoms with Gasteiger partial charge in [0.05, 0.1) is 5.04 Å². The average Bonchev–Trinajstić information content (AvgIpc) is 1.89. The highest BCUT2D eigenvalue weighted by atomic mass is 32.2. The lowest BCUT2D eigenvalue weighted by Gasteiger charge is -1.94. The Balaban J connectivity index is 3.07. The van der Waals surface area contributed by atoms with Gasteiger partial charge in [-0.1, -0.05) is 19.7 Å². The first-order valence-corrected chi connectivity index (χ1v) is 4.36. The molecule has 0 radical (unpaired) electrons. The molecule has 0 rings (SSSR count). The van der Waals surface area contributed by atoms with Crippen LogP contribution in [0.25, 0.3) is 0 Å². The molecule has 0 aliphatic heterocycles. The van der Waals surface area contributed by atoms with E-state index in [0.29, 0.717) is 0 Å². The predicted molar refractivity (Wildman–Crippen MR) is 48.9 cm³/mol. The zero-order valence-corrected chi connectivity index (χ0v) is 7.29. The summed E-state index contributed by atoms with van der Waals surface area (Å²) in [5, 5.41) is 1.20. The van der Waals surface area contributed by atoms with Crippen molar-refractivity contribution in [1.82, 2.24) is 0 Å². The zero-order chi connectivity index (χ0) is 7.11. The maximum absolute atomic E-state index is 4.04. The fourth-order valence-electron chi connectivity index (χ4n) is 0.429. The fourth-order valence-corrected chi connectivity index (χ4v) is 1.29. The molecule has 0 aromatic rings. The number of hydrogen-bond donors (Lipinski definition) is 0. The van der Waals surface area contributed by atoms with Gasteiger partial charge in [0, 0.05) is 7.05 Å². The van der Waals surface area contributed by atoms with Crippen molar-refractivity contribution in [2.45, 2.75) is 26.6 Å². The Morgan fingerprint density at radius 1 is 1.67 bits per heavy atom. The van der Waals surface area contributed by atoms with E-state index in [1.54, 1.807) is 0 Å². The number of hydrogen-bond acceptors (Lipinski definition) is 2. The molecule has 0 fully saturated rings. The van der Waals surface area contributed by atoms with Gasteiger partial charge in [-0.3, -0.25) is 4.99 Å². The van der Waals surface area contributed by atoms with Crippen molar-refractivity contribution in [3.8, 4) is 0 Å². The minimum Gasteiger partial charge on any atom is -0.288 e. The van der Waals surface area contributed by atoms with Crippen LogP contribution in [-0.4, -0.2) is 18.6 Å². The van der Waals surface area contributed by atoms with E-state index in [9.17, 15) is 0 Å². The molecule has 0 aliphatic carbocycles. The molecule has 0 aromatic heterocycles. The molecule has 0 aromatic carbocycles. The molecular weight excluding hydrogens is 129 g/mol. The molecular formula is C6H14BNS. The normalized spacial score (nSPS) is 11.7. The second-order valence-electron chi connectivity index (χ2n) is 1.94. The van der Waals surface area contributed by atoms with Gasteiger partial charge >= 0.3 is 0 Å². The summed E-state index contributed by atoms with van der Waals surface area (Å²) in [6.45, 7) is 5.49. The highest BCUT2D eigenvalue weighted by molar-refractivity contribution is 8.33. The molecule has 52 valence electrons. The summed E-state index contributed by atoms with van der Waals surface area (Å²) in [6, 6.07) is 0. The molecule has 3 heteroatoms. The molecule has 0 saturated heterocycles. The predicted octanol–water partition coefficient (Wildman–Crippen LogP) is 1.95. The van der Waals surface area contributed by atoms with Crippen molar-refractivity contribution in [3.05, 3.63) is 0 Å². The third-order valence-corrected chi connectivity index (χ3v) is 2.22. The third kappa shape index (κ3) is 5.96. The summed E-state index contributed by atoms with van der Waals surface area (Å²) < 4.78 is 0. The summed E-state index contributed by atoms with van der Waals surface area (Å²) in [7, 11) is 1.84. The van der Waals surface area contributed by atoms with Crippen LogP contribution in [0.5, 0.6) is 0 Å². The molecule has 0 amide bonds. The third-order valence-electron chi connectivity index (χ3n) is 1.12. The van der Waals surface area contributed by atoms with E-state index in [-0.39, 0.29) is 0 Å². The van der Waals surface area contributed by atoms with Crippen molar-refractivity contribution >= 4 is 23.2 Å². The van der Waals surface area contributed by atoms with Crippen molar-refractivity contribution in [3.63, 3.8) is 0 Å². The van der Waals surface area contributed by atoms with E-state index < -0.39 is 0 Å². The van der Waals surface area contributed by atoms with E-state index >= 15 is 0 Å². The van der Waals surface area contributed by atoms with Crippen molar-refractivity contribution in [2.24, 2.45) is 4.99 Å². The van der Waals surface area contributed by atoms with Crippen LogP contribution in [-0.2, 0) is 0 Å². The highest BCUT2D eigenvalue weighted by Crippen LogP contribution is 2.03. The van der Waals surface area contributed by atoms with E-state index in [1.165, 1.54) is 24.3 Å². The second kappa shape index (κ2) is 6.21. The second-order valence-corrected chi connectivity index (χ2v) is 3.23. The molecule has 0 unspecified atom stereocenters. The van der Waals surface area contributed by atoms with Gasteiger partial charge in [0.25, 0.3) is 0 Å². The molecule has 9 heavy (non-hydrogen) atoms. The summed E-state index contributed by atoms with van der Waals surface area (Å²) in [5.74, 6) is 0. The summed E-state index contributed by atoms with van der Waals surface area (Å²) >= 11 is 1.85. The van der Waals surface area contributed by atoms with Gasteiger partial charge in [-0.15, -0.1) is 0 Å². The Morgan fingerprint density at radius 3 is 2.78 bits per heavy atom. The first-order chi connectivity index (χ1) is 4.31. The molecule has 0 bridgehead atoms. The van der Waals surface area contributed by atoms with Crippen molar-refractivity contribution < 1.29 is 0 Å². The lowest BCUT2D eigenvalue weighted by molar-refractivity contribution is 1.08. The molecule has 0 N–H and O–H groups in total. The maximum Gasteiger partial charge on any atom is 0.199 e. The average molecular weight is 143 g/mol. The number of nitrogens with zero attached hydrogens (tertiary/aromatic N) is 1. The molecule has 1 nitrogen and oxygen atoms in total. The van der Waals surface area contributed by atoms with Gasteiger partial charge in [-0.05, 0) is 6.92 Å². The van der Waals surface area contributed by atoms with Crippen LogP contribution in [0.2, 0.25) is 6.32 Å². The van der Waals surface area contributed by atoms with Gasteiger partial charge < -0.3 is 0 Å². The summed E-state index contributed by atoms with van der Waals surface area (Å²) in [5.41, 5.74) is 0. The van der Waals surface area contributed by atoms with Crippen molar-refractivity contribution in [2.75, 3.05) is 7.05 Å². The Hall–Kier alpha value is 0.0849. The molecule has 0 spiro atoms. The standard InChI is InChI=1S/C6H14BNS/c1-4-5-7-9-6(2)8-3/h7H,4-5H2,1-3H3/b8-6-. The van der Waals surface area contributed by atoms with E-state index in [2.05, 4.69) is 18.8 Å². The summed E-state index contributed by atoms with van der Waals surface area (Å²) in [6.07, 6.45) is 2.58. The van der Waals surface area contributed by atoms with Crippen LogP contribution in [0.4, 0.5) is 0 Å². The lowest BCUT2D eigenvalue weighted by atomic mass is 10.0. The SMILES string of the molecule is CCCBS/C(C)=N\C. The molecule has 0 saturated carbocycles. The van der Waals surface area contributed by atoms with Gasteiger partial charge in [-0.2, -0.15) is 11.6 Å². The van der Waals surface area contributed by atoms with Crippen LogP contribution in [0, 0.1) is 0 Å². The maximum atomic E-state index is 4.04. The Bertz CT molecular complexity index is 93.1.